The summed E-state index contributed by atoms with van der Waals surface area (Å²) < 4.78 is 0. The molecular weight excluding hydrogens is 148 g/mol. The Morgan fingerprint density at radius 1 is 1.08 bits per heavy atom. The van der Waals surface area contributed by atoms with Crippen LogP contribution in [0.2, 0.25) is 0 Å². The molecule has 74 valence electrons. The summed E-state index contributed by atoms with van der Waals surface area (Å²) in [5, 5.41) is 0. The molecule has 0 radical (unpaired) electrons. The van der Waals surface area contributed by atoms with Gasteiger partial charge in [0.1, 0.15) is 0 Å². The highest BCUT2D eigenvalue weighted by Gasteiger charge is 2.41. The molecule has 0 aliphatic rings. The second-order valence-corrected chi connectivity index (χ2v) is 4.89. The highest BCUT2D eigenvalue weighted by Crippen LogP contribution is 2.30. The van der Waals surface area contributed by atoms with Crippen LogP contribution in [-0.2, 0) is 0 Å². The Bertz CT molecular complexity index is 128. The van der Waals surface area contributed by atoms with Gasteiger partial charge in [-0.15, -0.1) is 0 Å². The van der Waals surface area contributed by atoms with E-state index in [1.54, 1.807) is 0 Å². The Morgan fingerprint density at radius 3 is 1.50 bits per heavy atom. The quantitative estimate of drug-likeness (QED) is 0.702. The highest BCUT2D eigenvalue weighted by molar-refractivity contribution is 5.02. The lowest BCUT2D eigenvalue weighted by atomic mass is 9.73. The maximum Gasteiger partial charge on any atom is 0.0330 e. The minimum absolute atomic E-state index is 0.0289. The van der Waals surface area contributed by atoms with Crippen LogP contribution in [0.15, 0.2) is 0 Å². The van der Waals surface area contributed by atoms with Crippen molar-refractivity contribution in [2.75, 3.05) is 14.1 Å². The third kappa shape index (κ3) is 1.80. The van der Waals surface area contributed by atoms with Gasteiger partial charge in [-0.1, -0.05) is 13.8 Å². The molecule has 0 amide bonds. The van der Waals surface area contributed by atoms with Gasteiger partial charge in [0.05, 0.1) is 0 Å². The van der Waals surface area contributed by atoms with Gasteiger partial charge in [-0.2, -0.15) is 0 Å². The second-order valence-electron chi connectivity index (χ2n) is 4.89. The Kier molecular flexibility index (Phi) is 3.32. The third-order valence-electron chi connectivity index (χ3n) is 3.64. The van der Waals surface area contributed by atoms with Crippen molar-refractivity contribution < 1.29 is 0 Å². The SMILES string of the molecule is CC(C)C(C)(N)C(C)(C)N(C)C. The second kappa shape index (κ2) is 3.35. The van der Waals surface area contributed by atoms with E-state index in [4.69, 9.17) is 5.73 Å². The summed E-state index contributed by atoms with van der Waals surface area (Å²) >= 11 is 0. The summed E-state index contributed by atoms with van der Waals surface area (Å²) in [7, 11) is 4.15. The number of nitrogens with zero attached hydrogens (tertiary/aromatic N) is 1. The Balaban J connectivity index is 4.75. The van der Waals surface area contributed by atoms with E-state index in [1.807, 2.05) is 0 Å². The first-order valence-electron chi connectivity index (χ1n) is 4.60. The molecule has 0 saturated carbocycles. The molecule has 0 heterocycles. The molecule has 0 fully saturated rings. The number of hydrogen-bond donors (Lipinski definition) is 1. The van der Waals surface area contributed by atoms with Gasteiger partial charge in [-0.25, -0.2) is 0 Å². The monoisotopic (exact) mass is 172 g/mol. The summed E-state index contributed by atoms with van der Waals surface area (Å²) in [5.41, 5.74) is 6.17. The van der Waals surface area contributed by atoms with Crippen LogP contribution in [0.25, 0.3) is 0 Å². The molecule has 0 bridgehead atoms. The van der Waals surface area contributed by atoms with Crippen molar-refractivity contribution in [2.45, 2.75) is 45.7 Å². The predicted octanol–water partition coefficient (Wildman–Crippen LogP) is 1.70. The molecule has 0 aromatic rings. The first-order valence-corrected chi connectivity index (χ1v) is 4.60. The van der Waals surface area contributed by atoms with Gasteiger partial charge in [0, 0.05) is 11.1 Å². The molecule has 0 aromatic carbocycles. The van der Waals surface area contributed by atoms with Gasteiger partial charge in [-0.05, 0) is 40.8 Å². The number of nitrogens with two attached hydrogens (primary N) is 1. The topological polar surface area (TPSA) is 29.3 Å². The lowest BCUT2D eigenvalue weighted by Crippen LogP contribution is -2.64. The summed E-state index contributed by atoms with van der Waals surface area (Å²) in [5.74, 6) is 0.481. The fourth-order valence-electron chi connectivity index (χ4n) is 1.19. The van der Waals surface area contributed by atoms with E-state index in [0.29, 0.717) is 5.92 Å². The average molecular weight is 172 g/mol. The predicted molar refractivity (Wildman–Crippen MR) is 55.2 cm³/mol. The molecule has 1 unspecified atom stereocenters. The van der Waals surface area contributed by atoms with Crippen LogP contribution in [0.1, 0.15) is 34.6 Å². The minimum atomic E-state index is -0.156. The summed E-state index contributed by atoms with van der Waals surface area (Å²) in [6, 6.07) is 0. The van der Waals surface area contributed by atoms with Crippen molar-refractivity contribution >= 4 is 0 Å². The van der Waals surface area contributed by atoms with E-state index in [0.717, 1.165) is 0 Å². The number of rotatable bonds is 3. The van der Waals surface area contributed by atoms with Crippen LogP contribution in [-0.4, -0.2) is 30.1 Å². The van der Waals surface area contributed by atoms with Gasteiger partial charge in [0.25, 0.3) is 0 Å². The Labute approximate surface area is 77.1 Å². The highest BCUT2D eigenvalue weighted by atomic mass is 15.2. The van der Waals surface area contributed by atoms with E-state index in [9.17, 15) is 0 Å². The van der Waals surface area contributed by atoms with E-state index < -0.39 is 0 Å². The Hall–Kier alpha value is -0.0800. The van der Waals surface area contributed by atoms with Crippen LogP contribution in [0.5, 0.6) is 0 Å². The molecular formula is C10H24N2. The maximum atomic E-state index is 6.30. The molecule has 0 aliphatic heterocycles. The van der Waals surface area contributed by atoms with Crippen LogP contribution in [0.3, 0.4) is 0 Å². The smallest absolute Gasteiger partial charge is 0.0330 e. The average Bonchev–Trinajstić information content (AvgIpc) is 1.86. The summed E-state index contributed by atoms with van der Waals surface area (Å²) in [4.78, 5) is 2.19. The standard InChI is InChI=1S/C10H24N2/c1-8(2)10(5,11)9(3,4)12(6)7/h8H,11H2,1-7H3. The molecule has 0 rings (SSSR count). The van der Waals surface area contributed by atoms with Crippen LogP contribution < -0.4 is 5.73 Å². The summed E-state index contributed by atoms with van der Waals surface area (Å²) in [6.45, 7) is 10.8. The largest absolute Gasteiger partial charge is 0.324 e. The molecule has 0 aromatic heterocycles. The number of hydrogen-bond acceptors (Lipinski definition) is 2. The molecule has 2 nitrogen and oxygen atoms in total. The maximum absolute atomic E-state index is 6.30. The van der Waals surface area contributed by atoms with Crippen molar-refractivity contribution in [3.63, 3.8) is 0 Å². The van der Waals surface area contributed by atoms with E-state index >= 15 is 0 Å². The van der Waals surface area contributed by atoms with Gasteiger partial charge < -0.3 is 10.6 Å². The van der Waals surface area contributed by atoms with Crippen molar-refractivity contribution in [1.29, 1.82) is 0 Å². The van der Waals surface area contributed by atoms with Crippen molar-refractivity contribution in [1.82, 2.24) is 4.90 Å². The zero-order chi connectivity index (χ0) is 10.2. The molecule has 0 spiro atoms. The third-order valence-corrected chi connectivity index (χ3v) is 3.64. The zero-order valence-corrected chi connectivity index (χ0v) is 9.60. The van der Waals surface area contributed by atoms with Gasteiger partial charge in [0.2, 0.25) is 0 Å². The molecule has 1 atom stereocenters. The van der Waals surface area contributed by atoms with Gasteiger partial charge >= 0.3 is 0 Å². The van der Waals surface area contributed by atoms with Crippen LogP contribution in [0, 0.1) is 5.92 Å². The van der Waals surface area contributed by atoms with Gasteiger partial charge in [0.15, 0.2) is 0 Å². The summed E-state index contributed by atoms with van der Waals surface area (Å²) in [6.07, 6.45) is 0. The molecule has 0 saturated heterocycles. The molecule has 2 heteroatoms. The first-order chi connectivity index (χ1) is 5.14. The van der Waals surface area contributed by atoms with E-state index in [-0.39, 0.29) is 11.1 Å². The molecule has 12 heavy (non-hydrogen) atoms. The first kappa shape index (κ1) is 11.9. The zero-order valence-electron chi connectivity index (χ0n) is 9.60. The lowest BCUT2D eigenvalue weighted by molar-refractivity contribution is 0.0685. The Morgan fingerprint density at radius 2 is 1.42 bits per heavy atom. The van der Waals surface area contributed by atoms with Crippen molar-refractivity contribution in [3.8, 4) is 0 Å². The molecule has 0 aliphatic carbocycles. The fraction of sp³-hybridized carbons (Fsp3) is 1.00. The number of likely N-dealkylation sites (N-methyl/N-ethyl adjacent to an activating group) is 1. The van der Waals surface area contributed by atoms with Crippen molar-refractivity contribution in [3.05, 3.63) is 0 Å². The van der Waals surface area contributed by atoms with Gasteiger partial charge in [-0.3, -0.25) is 0 Å². The molecule has 2 N–H and O–H groups in total. The normalized spacial score (nSPS) is 18.5. The van der Waals surface area contributed by atoms with E-state index in [1.165, 1.54) is 0 Å². The fourth-order valence-corrected chi connectivity index (χ4v) is 1.19. The van der Waals surface area contributed by atoms with E-state index in [2.05, 4.69) is 53.6 Å². The minimum Gasteiger partial charge on any atom is -0.324 e. The lowest BCUT2D eigenvalue weighted by Gasteiger charge is -2.48. The van der Waals surface area contributed by atoms with Crippen LogP contribution >= 0.6 is 0 Å². The van der Waals surface area contributed by atoms with Crippen LogP contribution in [0.4, 0.5) is 0 Å². The van der Waals surface area contributed by atoms with Crippen molar-refractivity contribution in [2.24, 2.45) is 11.7 Å².